The van der Waals surface area contributed by atoms with Crippen molar-refractivity contribution in [2.24, 2.45) is 0 Å². The van der Waals surface area contributed by atoms with Gasteiger partial charge in [-0.05, 0) is 17.2 Å². The van der Waals surface area contributed by atoms with Crippen LogP contribution < -0.4 is 5.32 Å². The number of rotatable bonds is 6. The van der Waals surface area contributed by atoms with Crippen molar-refractivity contribution < 1.29 is 9.13 Å². The van der Waals surface area contributed by atoms with E-state index in [-0.39, 0.29) is 10.8 Å². The summed E-state index contributed by atoms with van der Waals surface area (Å²) in [5.41, 5.74) is 2.84. The summed E-state index contributed by atoms with van der Waals surface area (Å²) in [6, 6.07) is 13.1. The van der Waals surface area contributed by atoms with Crippen molar-refractivity contribution in [3.8, 4) is 0 Å². The summed E-state index contributed by atoms with van der Waals surface area (Å²) in [5.74, 6) is -0.352. The van der Waals surface area contributed by atoms with Gasteiger partial charge in [0.05, 0.1) is 11.6 Å². The number of ether oxygens (including phenoxy) is 1. The fourth-order valence-corrected chi connectivity index (χ4v) is 2.22. The lowest BCUT2D eigenvalue weighted by Gasteiger charge is -2.08. The van der Waals surface area contributed by atoms with Crippen LogP contribution >= 0.6 is 11.6 Å². The largest absolute Gasteiger partial charge is 0.380 e. The number of benzene rings is 2. The van der Waals surface area contributed by atoms with Crippen LogP contribution in [0.5, 0.6) is 0 Å². The van der Waals surface area contributed by atoms with Crippen LogP contribution in [-0.4, -0.2) is 7.11 Å². The van der Waals surface area contributed by atoms with Gasteiger partial charge >= 0.3 is 0 Å². The van der Waals surface area contributed by atoms with Crippen molar-refractivity contribution in [3.05, 3.63) is 70.0 Å². The quantitative estimate of drug-likeness (QED) is 0.872. The Kier molecular flexibility index (Phi) is 5.53. The minimum atomic E-state index is -0.352. The molecule has 0 aromatic heterocycles. The molecule has 0 radical (unpaired) electrons. The molecule has 2 aromatic rings. The van der Waals surface area contributed by atoms with E-state index in [1.165, 1.54) is 0 Å². The second-order valence-corrected chi connectivity index (χ2v) is 4.98. The average molecular weight is 294 g/mol. The van der Waals surface area contributed by atoms with E-state index in [9.17, 15) is 4.39 Å². The number of nitrogens with one attached hydrogen (secondary N) is 1. The molecule has 0 aliphatic heterocycles. The summed E-state index contributed by atoms with van der Waals surface area (Å²) in [4.78, 5) is 0. The third-order valence-corrected chi connectivity index (χ3v) is 3.27. The summed E-state index contributed by atoms with van der Waals surface area (Å²) >= 11 is 5.75. The van der Waals surface area contributed by atoms with Crippen molar-refractivity contribution in [1.29, 1.82) is 0 Å². The average Bonchev–Trinajstić information content (AvgIpc) is 2.44. The van der Waals surface area contributed by atoms with Gasteiger partial charge in [-0.3, -0.25) is 0 Å². The lowest BCUT2D eigenvalue weighted by molar-refractivity contribution is 0.185. The molecule has 1 N–H and O–H groups in total. The third-order valence-electron chi connectivity index (χ3n) is 2.98. The highest BCUT2D eigenvalue weighted by Gasteiger charge is 2.05. The molecule has 0 heterocycles. The first-order valence-electron chi connectivity index (χ1n) is 6.41. The molecule has 106 valence electrons. The Morgan fingerprint density at radius 1 is 1.10 bits per heavy atom. The van der Waals surface area contributed by atoms with E-state index in [1.807, 2.05) is 18.2 Å². The van der Waals surface area contributed by atoms with E-state index in [2.05, 4.69) is 11.4 Å². The zero-order valence-electron chi connectivity index (χ0n) is 11.3. The summed E-state index contributed by atoms with van der Waals surface area (Å²) in [7, 11) is 1.67. The molecule has 0 aliphatic carbocycles. The van der Waals surface area contributed by atoms with Crippen molar-refractivity contribution in [3.63, 3.8) is 0 Å². The van der Waals surface area contributed by atoms with Gasteiger partial charge in [-0.25, -0.2) is 4.39 Å². The van der Waals surface area contributed by atoms with Crippen LogP contribution in [0.15, 0.2) is 42.5 Å². The number of methoxy groups -OCH3 is 1. The minimum absolute atomic E-state index is 0.159. The molecule has 2 rings (SSSR count). The molecule has 2 nitrogen and oxygen atoms in total. The molecule has 0 atom stereocenters. The number of halogens is 2. The summed E-state index contributed by atoms with van der Waals surface area (Å²) in [6.45, 7) is 1.71. The van der Waals surface area contributed by atoms with E-state index in [0.29, 0.717) is 25.3 Å². The molecule has 0 saturated carbocycles. The zero-order valence-corrected chi connectivity index (χ0v) is 12.1. The van der Waals surface area contributed by atoms with Crippen LogP contribution in [0, 0.1) is 5.82 Å². The second-order valence-electron chi connectivity index (χ2n) is 4.57. The summed E-state index contributed by atoms with van der Waals surface area (Å²) in [6.07, 6.45) is 0. The van der Waals surface area contributed by atoms with Gasteiger partial charge in [0.25, 0.3) is 0 Å². The third kappa shape index (κ3) is 4.04. The van der Waals surface area contributed by atoms with Gasteiger partial charge in [0.15, 0.2) is 0 Å². The fourth-order valence-electron chi connectivity index (χ4n) is 2.02. The molecular formula is C16H17ClFNO. The van der Waals surface area contributed by atoms with Gasteiger partial charge < -0.3 is 10.1 Å². The Balaban J connectivity index is 1.92. The smallest absolute Gasteiger partial charge is 0.146 e. The van der Waals surface area contributed by atoms with E-state index in [0.717, 1.165) is 11.1 Å². The first-order chi connectivity index (χ1) is 9.70. The Labute approximate surface area is 123 Å². The predicted octanol–water partition coefficient (Wildman–Crippen LogP) is 3.92. The standard InChI is InChI=1S/C16H17ClFNO/c1-20-11-13-5-2-4-12(8-13)9-19-10-14-6-3-7-15(17)16(14)18/h2-8,19H,9-11H2,1H3. The molecule has 0 saturated heterocycles. The van der Waals surface area contributed by atoms with Crippen LogP contribution in [0.25, 0.3) is 0 Å². The molecule has 20 heavy (non-hydrogen) atoms. The van der Waals surface area contributed by atoms with Gasteiger partial charge in [0, 0.05) is 25.8 Å². The van der Waals surface area contributed by atoms with Gasteiger partial charge in [-0.2, -0.15) is 0 Å². The molecule has 0 amide bonds. The molecular weight excluding hydrogens is 277 g/mol. The Hall–Kier alpha value is -1.42. The highest BCUT2D eigenvalue weighted by atomic mass is 35.5. The van der Waals surface area contributed by atoms with Crippen LogP contribution in [0.1, 0.15) is 16.7 Å². The molecule has 2 aromatic carbocycles. The fraction of sp³-hybridized carbons (Fsp3) is 0.250. The highest BCUT2D eigenvalue weighted by Crippen LogP contribution is 2.17. The Morgan fingerprint density at radius 2 is 1.85 bits per heavy atom. The normalized spacial score (nSPS) is 10.8. The molecule has 4 heteroatoms. The van der Waals surface area contributed by atoms with E-state index in [1.54, 1.807) is 25.3 Å². The maximum absolute atomic E-state index is 13.7. The topological polar surface area (TPSA) is 21.3 Å². The van der Waals surface area contributed by atoms with Crippen LogP contribution in [0.4, 0.5) is 4.39 Å². The molecule has 0 spiro atoms. The second kappa shape index (κ2) is 7.39. The van der Waals surface area contributed by atoms with E-state index < -0.39 is 0 Å². The monoisotopic (exact) mass is 293 g/mol. The van der Waals surface area contributed by atoms with Gasteiger partial charge in [0.1, 0.15) is 5.82 Å². The zero-order chi connectivity index (χ0) is 14.4. The summed E-state index contributed by atoms with van der Waals surface area (Å²) < 4.78 is 18.8. The van der Waals surface area contributed by atoms with Crippen molar-refractivity contribution in [2.45, 2.75) is 19.7 Å². The van der Waals surface area contributed by atoms with Crippen LogP contribution in [-0.2, 0) is 24.4 Å². The van der Waals surface area contributed by atoms with Gasteiger partial charge in [-0.1, -0.05) is 48.0 Å². The molecule has 0 aliphatic rings. The Bertz CT molecular complexity index is 574. The highest BCUT2D eigenvalue weighted by molar-refractivity contribution is 6.30. The molecule has 0 fully saturated rings. The van der Waals surface area contributed by atoms with Crippen molar-refractivity contribution in [2.75, 3.05) is 7.11 Å². The number of hydrogen-bond donors (Lipinski definition) is 1. The van der Waals surface area contributed by atoms with E-state index in [4.69, 9.17) is 16.3 Å². The van der Waals surface area contributed by atoms with Gasteiger partial charge in [-0.15, -0.1) is 0 Å². The maximum atomic E-state index is 13.7. The maximum Gasteiger partial charge on any atom is 0.146 e. The van der Waals surface area contributed by atoms with Crippen LogP contribution in [0.2, 0.25) is 5.02 Å². The Morgan fingerprint density at radius 3 is 2.65 bits per heavy atom. The lowest BCUT2D eigenvalue weighted by atomic mass is 10.1. The van der Waals surface area contributed by atoms with Crippen molar-refractivity contribution >= 4 is 11.6 Å². The van der Waals surface area contributed by atoms with Crippen molar-refractivity contribution in [1.82, 2.24) is 5.32 Å². The minimum Gasteiger partial charge on any atom is -0.380 e. The molecule has 0 bridgehead atoms. The predicted molar refractivity (Wildman–Crippen MR) is 79.1 cm³/mol. The van der Waals surface area contributed by atoms with Crippen LogP contribution in [0.3, 0.4) is 0 Å². The van der Waals surface area contributed by atoms with E-state index >= 15 is 0 Å². The molecule has 0 unspecified atom stereocenters. The summed E-state index contributed by atoms with van der Waals surface area (Å²) in [5, 5.41) is 3.37. The number of hydrogen-bond acceptors (Lipinski definition) is 2. The first kappa shape index (κ1) is 15.0. The first-order valence-corrected chi connectivity index (χ1v) is 6.79. The van der Waals surface area contributed by atoms with Gasteiger partial charge in [0.2, 0.25) is 0 Å². The lowest BCUT2D eigenvalue weighted by Crippen LogP contribution is -2.14. The SMILES string of the molecule is COCc1cccc(CNCc2cccc(Cl)c2F)c1.